The number of aromatic nitrogens is 4. The number of benzene rings is 1. The Labute approximate surface area is 145 Å². The van der Waals surface area contributed by atoms with Crippen LogP contribution < -0.4 is 4.90 Å². The van der Waals surface area contributed by atoms with E-state index in [1.165, 1.54) is 0 Å². The van der Waals surface area contributed by atoms with Gasteiger partial charge in [0.15, 0.2) is 17.0 Å². The molecule has 0 atom stereocenters. The van der Waals surface area contributed by atoms with Gasteiger partial charge in [-0.1, -0.05) is 23.7 Å². The Bertz CT molecular complexity index is 859. The minimum Gasteiger partial charge on any atom is -0.352 e. The lowest BCUT2D eigenvalue weighted by atomic mass is 10.1. The van der Waals surface area contributed by atoms with Crippen molar-refractivity contribution in [1.82, 2.24) is 24.8 Å². The summed E-state index contributed by atoms with van der Waals surface area (Å²) in [6.45, 7) is 3.90. The van der Waals surface area contributed by atoms with Gasteiger partial charge in [-0.3, -0.25) is 0 Å². The van der Waals surface area contributed by atoms with Crippen LogP contribution in [0.15, 0.2) is 36.8 Å². The molecule has 7 heteroatoms. The zero-order valence-corrected chi connectivity index (χ0v) is 14.1. The topological polar surface area (TPSA) is 58.0 Å². The van der Waals surface area contributed by atoms with E-state index in [1.54, 1.807) is 12.5 Å². The van der Waals surface area contributed by atoms with Crippen LogP contribution >= 0.6 is 11.6 Å². The fraction of sp³-hybridized carbons (Fsp3) is 0.294. The predicted octanol–water partition coefficient (Wildman–Crippen LogP) is 2.49. The maximum Gasteiger partial charge on any atom is 0.184 e. The monoisotopic (exact) mass is 340 g/mol. The molecule has 1 saturated heterocycles. The second-order valence-electron chi connectivity index (χ2n) is 5.92. The smallest absolute Gasteiger partial charge is 0.184 e. The van der Waals surface area contributed by atoms with Crippen LogP contribution in [0.25, 0.3) is 22.4 Å². The van der Waals surface area contributed by atoms with Crippen molar-refractivity contribution < 1.29 is 0 Å². The molecule has 1 fully saturated rings. The molecule has 1 aliphatic heterocycles. The average Bonchev–Trinajstić information content (AvgIpc) is 2.62. The van der Waals surface area contributed by atoms with E-state index in [0.717, 1.165) is 48.8 Å². The maximum atomic E-state index is 5.95. The van der Waals surface area contributed by atoms with Crippen LogP contribution in [0.1, 0.15) is 0 Å². The standard InChI is InChI=1S/C17H17ClN6/c1-23-6-8-24(9-7-23)17-15-16(20-11-21-17)22-14(10-19-15)12-2-4-13(18)5-3-12/h2-5,10-11H,6-9H2,1H3. The van der Waals surface area contributed by atoms with E-state index in [1.807, 2.05) is 24.3 Å². The van der Waals surface area contributed by atoms with Gasteiger partial charge in [0.05, 0.1) is 11.9 Å². The van der Waals surface area contributed by atoms with Crippen LogP contribution in [0.3, 0.4) is 0 Å². The lowest BCUT2D eigenvalue weighted by Gasteiger charge is -2.33. The van der Waals surface area contributed by atoms with Gasteiger partial charge in [-0.05, 0) is 19.2 Å². The van der Waals surface area contributed by atoms with Gasteiger partial charge in [-0.2, -0.15) is 0 Å². The molecule has 3 aromatic rings. The summed E-state index contributed by atoms with van der Waals surface area (Å²) >= 11 is 5.95. The van der Waals surface area contributed by atoms with Gasteiger partial charge < -0.3 is 9.80 Å². The number of fused-ring (bicyclic) bond motifs is 1. The van der Waals surface area contributed by atoms with E-state index in [0.29, 0.717) is 10.7 Å². The minimum atomic E-state index is 0.617. The first-order valence-electron chi connectivity index (χ1n) is 7.88. The predicted molar refractivity (Wildman–Crippen MR) is 95.3 cm³/mol. The van der Waals surface area contributed by atoms with Crippen LogP contribution in [0, 0.1) is 0 Å². The van der Waals surface area contributed by atoms with Crippen molar-refractivity contribution in [3.63, 3.8) is 0 Å². The summed E-state index contributed by atoms with van der Waals surface area (Å²) in [4.78, 5) is 22.6. The van der Waals surface area contributed by atoms with Crippen molar-refractivity contribution in [3.05, 3.63) is 41.8 Å². The fourth-order valence-electron chi connectivity index (χ4n) is 2.84. The van der Waals surface area contributed by atoms with Crippen molar-refractivity contribution in [2.75, 3.05) is 38.1 Å². The highest BCUT2D eigenvalue weighted by atomic mass is 35.5. The lowest BCUT2D eigenvalue weighted by Crippen LogP contribution is -2.45. The first kappa shape index (κ1) is 15.2. The zero-order valence-electron chi connectivity index (χ0n) is 13.4. The molecule has 0 unspecified atom stereocenters. The van der Waals surface area contributed by atoms with Crippen molar-refractivity contribution in [2.24, 2.45) is 0 Å². The second kappa shape index (κ2) is 6.30. The van der Waals surface area contributed by atoms with Gasteiger partial charge in [0.25, 0.3) is 0 Å². The van der Waals surface area contributed by atoms with Crippen LogP contribution in [0.2, 0.25) is 5.02 Å². The summed E-state index contributed by atoms with van der Waals surface area (Å²) in [5.41, 5.74) is 3.11. The van der Waals surface area contributed by atoms with E-state index in [-0.39, 0.29) is 0 Å². The van der Waals surface area contributed by atoms with Gasteiger partial charge in [0.1, 0.15) is 6.33 Å². The van der Waals surface area contributed by atoms with Crippen LogP contribution in [-0.2, 0) is 0 Å². The molecule has 6 nitrogen and oxygen atoms in total. The lowest BCUT2D eigenvalue weighted by molar-refractivity contribution is 0.312. The third-order valence-electron chi connectivity index (χ3n) is 4.27. The molecule has 2 aromatic heterocycles. The fourth-order valence-corrected chi connectivity index (χ4v) is 2.96. The molecular weight excluding hydrogens is 324 g/mol. The molecule has 0 radical (unpaired) electrons. The Morgan fingerprint density at radius 1 is 0.958 bits per heavy atom. The normalized spacial score (nSPS) is 15.8. The number of halogens is 1. The molecule has 4 rings (SSSR count). The quantitative estimate of drug-likeness (QED) is 0.714. The third-order valence-corrected chi connectivity index (χ3v) is 4.52. The Morgan fingerprint density at radius 3 is 2.46 bits per heavy atom. The summed E-state index contributed by atoms with van der Waals surface area (Å²) in [6, 6.07) is 7.55. The summed E-state index contributed by atoms with van der Waals surface area (Å²) in [5.74, 6) is 0.864. The molecular formula is C17H17ClN6. The number of hydrogen-bond donors (Lipinski definition) is 0. The van der Waals surface area contributed by atoms with E-state index < -0.39 is 0 Å². The first-order chi connectivity index (χ1) is 11.7. The number of nitrogens with zero attached hydrogens (tertiary/aromatic N) is 6. The Hall–Kier alpha value is -2.31. The van der Waals surface area contributed by atoms with Gasteiger partial charge in [-0.15, -0.1) is 0 Å². The maximum absolute atomic E-state index is 5.95. The highest BCUT2D eigenvalue weighted by molar-refractivity contribution is 6.30. The molecule has 3 heterocycles. The summed E-state index contributed by atoms with van der Waals surface area (Å²) in [5, 5.41) is 0.701. The summed E-state index contributed by atoms with van der Waals surface area (Å²) < 4.78 is 0. The van der Waals surface area contributed by atoms with Crippen molar-refractivity contribution in [2.45, 2.75) is 0 Å². The molecule has 0 spiro atoms. The van der Waals surface area contributed by atoms with Gasteiger partial charge >= 0.3 is 0 Å². The number of anilines is 1. The van der Waals surface area contributed by atoms with Crippen molar-refractivity contribution in [3.8, 4) is 11.3 Å². The first-order valence-corrected chi connectivity index (χ1v) is 8.26. The molecule has 0 amide bonds. The zero-order chi connectivity index (χ0) is 16.5. The van der Waals surface area contributed by atoms with Crippen molar-refractivity contribution in [1.29, 1.82) is 0 Å². The largest absolute Gasteiger partial charge is 0.352 e. The second-order valence-corrected chi connectivity index (χ2v) is 6.36. The Kier molecular flexibility index (Phi) is 4.00. The van der Waals surface area contributed by atoms with Gasteiger partial charge in [0, 0.05) is 36.8 Å². The van der Waals surface area contributed by atoms with Crippen molar-refractivity contribution >= 4 is 28.6 Å². The minimum absolute atomic E-state index is 0.617. The SMILES string of the molecule is CN1CCN(c2ncnc3nc(-c4ccc(Cl)cc4)cnc23)CC1. The molecule has 24 heavy (non-hydrogen) atoms. The van der Waals surface area contributed by atoms with Crippen LogP contribution in [0.5, 0.6) is 0 Å². The number of hydrogen-bond acceptors (Lipinski definition) is 6. The van der Waals surface area contributed by atoms with Crippen LogP contribution in [0.4, 0.5) is 5.82 Å². The number of rotatable bonds is 2. The summed E-state index contributed by atoms with van der Waals surface area (Å²) in [6.07, 6.45) is 3.34. The van der Waals surface area contributed by atoms with E-state index in [9.17, 15) is 0 Å². The number of likely N-dealkylation sites (N-methyl/N-ethyl adjacent to an activating group) is 1. The Balaban J connectivity index is 1.72. The molecule has 122 valence electrons. The molecule has 1 aromatic carbocycles. The summed E-state index contributed by atoms with van der Waals surface area (Å²) in [7, 11) is 2.13. The van der Waals surface area contributed by atoms with Gasteiger partial charge in [-0.25, -0.2) is 19.9 Å². The average molecular weight is 341 g/mol. The molecule has 0 saturated carbocycles. The Morgan fingerprint density at radius 2 is 1.71 bits per heavy atom. The van der Waals surface area contributed by atoms with E-state index >= 15 is 0 Å². The van der Waals surface area contributed by atoms with Gasteiger partial charge in [0.2, 0.25) is 0 Å². The molecule has 0 aliphatic carbocycles. The van der Waals surface area contributed by atoms with Crippen LogP contribution in [-0.4, -0.2) is 58.1 Å². The van der Waals surface area contributed by atoms with E-state index in [2.05, 4.69) is 36.8 Å². The highest BCUT2D eigenvalue weighted by Crippen LogP contribution is 2.24. The van der Waals surface area contributed by atoms with E-state index in [4.69, 9.17) is 11.6 Å². The molecule has 0 bridgehead atoms. The number of piperazine rings is 1. The molecule has 1 aliphatic rings. The molecule has 0 N–H and O–H groups in total. The third kappa shape index (κ3) is 2.90. The highest BCUT2D eigenvalue weighted by Gasteiger charge is 2.19.